The van der Waals surface area contributed by atoms with Gasteiger partial charge in [-0.05, 0) is 23.6 Å². The number of carbonyl (C=O) groups excluding carboxylic acids is 1. The fourth-order valence-corrected chi connectivity index (χ4v) is 1.52. The minimum absolute atomic E-state index is 0.103. The zero-order valence-corrected chi connectivity index (χ0v) is 9.08. The van der Waals surface area contributed by atoms with Crippen LogP contribution in [0.15, 0.2) is 24.3 Å². The monoisotopic (exact) mass is 211 g/mol. The fraction of sp³-hybridized carbons (Fsp3) is 0.364. The lowest BCUT2D eigenvalue weighted by molar-refractivity contribution is -0.121. The first-order valence-corrected chi connectivity index (χ1v) is 4.95. The van der Waals surface area contributed by atoms with Crippen molar-refractivity contribution in [3.05, 3.63) is 34.9 Å². The molecule has 1 aromatic rings. The Morgan fingerprint density at radius 2 is 2.07 bits per heavy atom. The number of rotatable bonds is 3. The lowest BCUT2D eigenvalue weighted by Gasteiger charge is -2.17. The van der Waals surface area contributed by atoms with Gasteiger partial charge in [0.2, 0.25) is 5.91 Å². The van der Waals surface area contributed by atoms with Crippen LogP contribution in [0.4, 0.5) is 0 Å². The summed E-state index contributed by atoms with van der Waals surface area (Å²) in [6, 6.07) is 7.51. The van der Waals surface area contributed by atoms with Crippen molar-refractivity contribution in [3.8, 4) is 0 Å². The summed E-state index contributed by atoms with van der Waals surface area (Å²) < 4.78 is 0. The number of benzene rings is 1. The average molecular weight is 212 g/mol. The molecule has 0 aliphatic rings. The molecule has 0 heterocycles. The van der Waals surface area contributed by atoms with E-state index in [0.717, 1.165) is 5.56 Å². The van der Waals surface area contributed by atoms with Gasteiger partial charge in [-0.15, -0.1) is 0 Å². The molecule has 2 N–H and O–H groups in total. The van der Waals surface area contributed by atoms with E-state index < -0.39 is 0 Å². The van der Waals surface area contributed by atoms with Crippen LogP contribution in [0, 0.1) is 5.92 Å². The molecule has 2 nitrogen and oxygen atoms in total. The number of primary amides is 1. The third-order valence-corrected chi connectivity index (χ3v) is 2.81. The van der Waals surface area contributed by atoms with Crippen LogP contribution >= 0.6 is 11.6 Å². The maximum Gasteiger partial charge on any atom is 0.220 e. The second-order valence-electron chi connectivity index (χ2n) is 3.53. The molecular weight excluding hydrogens is 198 g/mol. The van der Waals surface area contributed by atoms with E-state index in [1.807, 2.05) is 38.1 Å². The van der Waals surface area contributed by atoms with E-state index in [-0.39, 0.29) is 17.7 Å². The number of hydrogen-bond acceptors (Lipinski definition) is 1. The average Bonchev–Trinajstić information content (AvgIpc) is 2.15. The van der Waals surface area contributed by atoms with Crippen molar-refractivity contribution in [3.63, 3.8) is 0 Å². The summed E-state index contributed by atoms with van der Waals surface area (Å²) in [6.07, 6.45) is 0. The molecule has 2 atom stereocenters. The van der Waals surface area contributed by atoms with Crippen molar-refractivity contribution in [2.45, 2.75) is 19.8 Å². The van der Waals surface area contributed by atoms with E-state index in [1.54, 1.807) is 0 Å². The molecule has 0 radical (unpaired) electrons. The van der Waals surface area contributed by atoms with Crippen LogP contribution in [-0.2, 0) is 4.79 Å². The number of hydrogen-bond donors (Lipinski definition) is 1. The molecule has 14 heavy (non-hydrogen) atoms. The topological polar surface area (TPSA) is 43.1 Å². The van der Waals surface area contributed by atoms with Crippen LogP contribution in [0.2, 0.25) is 5.02 Å². The highest BCUT2D eigenvalue weighted by Crippen LogP contribution is 2.25. The first-order chi connectivity index (χ1) is 6.52. The van der Waals surface area contributed by atoms with Gasteiger partial charge in [0.25, 0.3) is 0 Å². The Bertz CT molecular complexity index is 338. The molecule has 0 saturated carbocycles. The van der Waals surface area contributed by atoms with E-state index in [4.69, 9.17) is 17.3 Å². The van der Waals surface area contributed by atoms with Crippen LogP contribution in [-0.4, -0.2) is 5.91 Å². The summed E-state index contributed by atoms with van der Waals surface area (Å²) in [6.45, 7) is 3.80. The zero-order chi connectivity index (χ0) is 10.7. The van der Waals surface area contributed by atoms with Gasteiger partial charge in [0.05, 0.1) is 0 Å². The maximum absolute atomic E-state index is 11.0. The number of carbonyl (C=O) groups is 1. The smallest absolute Gasteiger partial charge is 0.220 e. The molecule has 0 saturated heterocycles. The van der Waals surface area contributed by atoms with Crippen LogP contribution in [0.5, 0.6) is 0 Å². The first kappa shape index (κ1) is 11.1. The Morgan fingerprint density at radius 3 is 2.57 bits per heavy atom. The van der Waals surface area contributed by atoms with Gasteiger partial charge in [0, 0.05) is 10.9 Å². The van der Waals surface area contributed by atoms with E-state index >= 15 is 0 Å². The Kier molecular flexibility index (Phi) is 3.53. The van der Waals surface area contributed by atoms with E-state index in [2.05, 4.69) is 0 Å². The van der Waals surface area contributed by atoms with Crippen LogP contribution in [0.25, 0.3) is 0 Å². The van der Waals surface area contributed by atoms with Crippen molar-refractivity contribution < 1.29 is 4.79 Å². The SMILES string of the molecule is C[C@H](C(N)=O)[C@@H](C)c1cccc(Cl)c1. The molecule has 76 valence electrons. The summed E-state index contributed by atoms with van der Waals surface area (Å²) in [4.78, 5) is 11.0. The summed E-state index contributed by atoms with van der Waals surface area (Å²) in [5, 5.41) is 0.686. The Hall–Kier alpha value is -1.02. The van der Waals surface area contributed by atoms with Gasteiger partial charge in [-0.2, -0.15) is 0 Å². The molecule has 0 aliphatic carbocycles. The highest BCUT2D eigenvalue weighted by molar-refractivity contribution is 6.30. The van der Waals surface area contributed by atoms with Gasteiger partial charge in [-0.3, -0.25) is 4.79 Å². The highest BCUT2D eigenvalue weighted by Gasteiger charge is 2.18. The third kappa shape index (κ3) is 2.48. The molecule has 0 aliphatic heterocycles. The second kappa shape index (κ2) is 4.47. The first-order valence-electron chi connectivity index (χ1n) is 4.57. The maximum atomic E-state index is 11.0. The predicted octanol–water partition coefficient (Wildman–Crippen LogP) is 2.56. The van der Waals surface area contributed by atoms with Gasteiger partial charge < -0.3 is 5.73 Å². The Morgan fingerprint density at radius 1 is 1.43 bits per heavy atom. The minimum Gasteiger partial charge on any atom is -0.369 e. The quantitative estimate of drug-likeness (QED) is 0.821. The normalized spacial score (nSPS) is 14.8. The van der Waals surface area contributed by atoms with Crippen LogP contribution in [0.3, 0.4) is 0 Å². The van der Waals surface area contributed by atoms with E-state index in [9.17, 15) is 4.79 Å². The van der Waals surface area contributed by atoms with Crippen molar-refractivity contribution in [1.82, 2.24) is 0 Å². The molecule has 3 heteroatoms. The molecule has 1 rings (SSSR count). The molecule has 1 aromatic carbocycles. The van der Waals surface area contributed by atoms with E-state index in [0.29, 0.717) is 5.02 Å². The number of halogens is 1. The third-order valence-electron chi connectivity index (χ3n) is 2.57. The van der Waals surface area contributed by atoms with Crippen molar-refractivity contribution >= 4 is 17.5 Å². The van der Waals surface area contributed by atoms with Gasteiger partial charge in [0.15, 0.2) is 0 Å². The second-order valence-corrected chi connectivity index (χ2v) is 3.97. The standard InChI is InChI=1S/C11H14ClNO/c1-7(8(2)11(13)14)9-4-3-5-10(12)6-9/h3-8H,1-2H3,(H2,13,14)/t7-,8+/m1/s1. The summed E-state index contributed by atoms with van der Waals surface area (Å²) in [5.74, 6) is -0.350. The Balaban J connectivity index is 2.89. The highest BCUT2D eigenvalue weighted by atomic mass is 35.5. The van der Waals surface area contributed by atoms with Gasteiger partial charge in [-0.25, -0.2) is 0 Å². The summed E-state index contributed by atoms with van der Waals surface area (Å²) in [5.41, 5.74) is 6.29. The van der Waals surface area contributed by atoms with Crippen molar-refractivity contribution in [1.29, 1.82) is 0 Å². The minimum atomic E-state index is -0.280. The molecule has 0 unspecified atom stereocenters. The van der Waals surface area contributed by atoms with Gasteiger partial charge in [-0.1, -0.05) is 37.6 Å². The number of amides is 1. The lowest BCUT2D eigenvalue weighted by atomic mass is 9.88. The zero-order valence-electron chi connectivity index (χ0n) is 8.33. The van der Waals surface area contributed by atoms with Gasteiger partial charge in [0.1, 0.15) is 0 Å². The molecule has 1 amide bonds. The molecule has 0 aromatic heterocycles. The fourth-order valence-electron chi connectivity index (χ4n) is 1.32. The lowest BCUT2D eigenvalue weighted by Crippen LogP contribution is -2.24. The largest absolute Gasteiger partial charge is 0.369 e. The van der Waals surface area contributed by atoms with Crippen LogP contribution in [0.1, 0.15) is 25.3 Å². The summed E-state index contributed by atoms with van der Waals surface area (Å²) in [7, 11) is 0. The van der Waals surface area contributed by atoms with E-state index in [1.165, 1.54) is 0 Å². The predicted molar refractivity (Wildman–Crippen MR) is 58.2 cm³/mol. The number of nitrogens with two attached hydrogens (primary N) is 1. The van der Waals surface area contributed by atoms with Crippen molar-refractivity contribution in [2.24, 2.45) is 11.7 Å². The molecule has 0 spiro atoms. The molecule has 0 bridgehead atoms. The summed E-state index contributed by atoms with van der Waals surface area (Å²) >= 11 is 5.86. The Labute approximate surface area is 89.1 Å². The molecule has 0 fully saturated rings. The molecular formula is C11H14ClNO. The van der Waals surface area contributed by atoms with Crippen LogP contribution < -0.4 is 5.73 Å². The van der Waals surface area contributed by atoms with Crippen molar-refractivity contribution in [2.75, 3.05) is 0 Å². The van der Waals surface area contributed by atoms with Gasteiger partial charge >= 0.3 is 0 Å².